The van der Waals surface area contributed by atoms with Crippen LogP contribution in [0.25, 0.3) is 10.9 Å². The predicted molar refractivity (Wildman–Crippen MR) is 71.9 cm³/mol. The number of rotatable bonds is 1. The lowest BCUT2D eigenvalue weighted by molar-refractivity contribution is 0.436. The highest BCUT2D eigenvalue weighted by molar-refractivity contribution is 5.83. The molecule has 3 rings (SSSR count). The molecule has 0 amide bonds. The van der Waals surface area contributed by atoms with Crippen LogP contribution in [-0.4, -0.2) is 4.57 Å². The highest BCUT2D eigenvalue weighted by Gasteiger charge is 2.34. The molecule has 0 spiro atoms. The Bertz CT molecular complexity index is 606. The summed E-state index contributed by atoms with van der Waals surface area (Å²) in [6, 6.07) is 5.78. The lowest BCUT2D eigenvalue weighted by atomic mass is 9.88. The van der Waals surface area contributed by atoms with Crippen molar-refractivity contribution >= 4 is 10.9 Å². The van der Waals surface area contributed by atoms with Crippen LogP contribution < -0.4 is 5.73 Å². The molecule has 2 nitrogen and oxygen atoms in total. The summed E-state index contributed by atoms with van der Waals surface area (Å²) in [6.45, 7) is 1.99. The SMILES string of the molecule is Cc1cc2c(F)c(C3(N)CCCC3)ccc2n1C. The van der Waals surface area contributed by atoms with Gasteiger partial charge < -0.3 is 10.3 Å². The van der Waals surface area contributed by atoms with E-state index in [1.54, 1.807) is 0 Å². The number of hydrogen-bond acceptors (Lipinski definition) is 1. The van der Waals surface area contributed by atoms with Crippen LogP contribution >= 0.6 is 0 Å². The minimum absolute atomic E-state index is 0.124. The minimum Gasteiger partial charge on any atom is -0.348 e. The molecule has 1 aromatic carbocycles. The Morgan fingerprint density at radius 1 is 1.28 bits per heavy atom. The van der Waals surface area contributed by atoms with Gasteiger partial charge in [-0.25, -0.2) is 4.39 Å². The number of benzene rings is 1. The summed E-state index contributed by atoms with van der Waals surface area (Å²) in [5, 5.41) is 0.698. The van der Waals surface area contributed by atoms with Crippen LogP contribution in [-0.2, 0) is 12.6 Å². The lowest BCUT2D eigenvalue weighted by Crippen LogP contribution is -2.34. The van der Waals surface area contributed by atoms with E-state index < -0.39 is 5.54 Å². The molecule has 0 atom stereocenters. The predicted octanol–water partition coefficient (Wildman–Crippen LogP) is 3.35. The zero-order valence-electron chi connectivity index (χ0n) is 11.0. The number of fused-ring (bicyclic) bond motifs is 1. The van der Waals surface area contributed by atoms with Crippen molar-refractivity contribution in [2.75, 3.05) is 0 Å². The highest BCUT2D eigenvalue weighted by Crippen LogP contribution is 2.39. The van der Waals surface area contributed by atoms with Gasteiger partial charge in [0.2, 0.25) is 0 Å². The van der Waals surface area contributed by atoms with E-state index in [1.165, 1.54) is 0 Å². The quantitative estimate of drug-likeness (QED) is 0.822. The van der Waals surface area contributed by atoms with Crippen LogP contribution in [0.3, 0.4) is 0 Å². The van der Waals surface area contributed by atoms with E-state index in [-0.39, 0.29) is 5.82 Å². The Morgan fingerprint density at radius 3 is 2.61 bits per heavy atom. The zero-order valence-corrected chi connectivity index (χ0v) is 11.0. The summed E-state index contributed by atoms with van der Waals surface area (Å²) in [6.07, 6.45) is 3.98. The number of halogens is 1. The van der Waals surface area contributed by atoms with Crippen molar-refractivity contribution in [1.29, 1.82) is 0 Å². The molecule has 2 aromatic rings. The third kappa shape index (κ3) is 1.50. The maximum Gasteiger partial charge on any atom is 0.137 e. The van der Waals surface area contributed by atoms with E-state index in [2.05, 4.69) is 0 Å². The average Bonchev–Trinajstić information content (AvgIpc) is 2.88. The first kappa shape index (κ1) is 11.7. The van der Waals surface area contributed by atoms with E-state index in [9.17, 15) is 4.39 Å². The highest BCUT2D eigenvalue weighted by atomic mass is 19.1. The molecule has 18 heavy (non-hydrogen) atoms. The largest absolute Gasteiger partial charge is 0.348 e. The second-order valence-corrected chi connectivity index (χ2v) is 5.57. The maximum absolute atomic E-state index is 14.7. The van der Waals surface area contributed by atoms with Gasteiger partial charge in [-0.05, 0) is 31.9 Å². The summed E-state index contributed by atoms with van der Waals surface area (Å²) in [7, 11) is 1.96. The molecule has 0 unspecified atom stereocenters. The minimum atomic E-state index is -0.456. The third-order valence-electron chi connectivity index (χ3n) is 4.43. The Hall–Kier alpha value is -1.35. The van der Waals surface area contributed by atoms with Gasteiger partial charge in [0.25, 0.3) is 0 Å². The van der Waals surface area contributed by atoms with Gasteiger partial charge in [-0.3, -0.25) is 0 Å². The van der Waals surface area contributed by atoms with Crippen molar-refractivity contribution in [1.82, 2.24) is 4.57 Å². The molecular weight excluding hydrogens is 227 g/mol. The Kier molecular flexibility index (Phi) is 2.49. The summed E-state index contributed by atoms with van der Waals surface area (Å²) in [4.78, 5) is 0. The number of aromatic nitrogens is 1. The van der Waals surface area contributed by atoms with Gasteiger partial charge in [-0.2, -0.15) is 0 Å². The monoisotopic (exact) mass is 246 g/mol. The van der Waals surface area contributed by atoms with Gasteiger partial charge in [0.1, 0.15) is 5.82 Å². The van der Waals surface area contributed by atoms with Crippen molar-refractivity contribution in [2.24, 2.45) is 12.8 Å². The third-order valence-corrected chi connectivity index (χ3v) is 4.43. The van der Waals surface area contributed by atoms with Crippen molar-refractivity contribution in [2.45, 2.75) is 38.1 Å². The zero-order chi connectivity index (χ0) is 12.9. The van der Waals surface area contributed by atoms with Gasteiger partial charge in [0.05, 0.1) is 5.52 Å². The fourth-order valence-corrected chi connectivity index (χ4v) is 3.17. The van der Waals surface area contributed by atoms with Gasteiger partial charge in [0.15, 0.2) is 0 Å². The molecule has 96 valence electrons. The average molecular weight is 246 g/mol. The van der Waals surface area contributed by atoms with Gasteiger partial charge in [-0.1, -0.05) is 18.9 Å². The number of nitrogens with zero attached hydrogens (tertiary/aromatic N) is 1. The van der Waals surface area contributed by atoms with Crippen molar-refractivity contribution in [3.8, 4) is 0 Å². The van der Waals surface area contributed by atoms with E-state index in [0.717, 1.165) is 36.9 Å². The first-order valence-corrected chi connectivity index (χ1v) is 6.57. The summed E-state index contributed by atoms with van der Waals surface area (Å²) < 4.78 is 16.7. The molecule has 0 aliphatic heterocycles. The molecule has 1 aliphatic carbocycles. The Labute approximate surface area is 107 Å². The first-order valence-electron chi connectivity index (χ1n) is 6.57. The lowest BCUT2D eigenvalue weighted by Gasteiger charge is -2.25. The molecule has 3 heteroatoms. The molecule has 0 saturated heterocycles. The van der Waals surface area contributed by atoms with Crippen LogP contribution in [0.1, 0.15) is 36.9 Å². The van der Waals surface area contributed by atoms with Crippen LogP contribution in [0.4, 0.5) is 4.39 Å². The second kappa shape index (κ2) is 3.82. The molecule has 1 fully saturated rings. The fraction of sp³-hybridized carbons (Fsp3) is 0.467. The van der Waals surface area contributed by atoms with Gasteiger partial charge >= 0.3 is 0 Å². The normalized spacial score (nSPS) is 18.7. The molecule has 1 aliphatic rings. The number of nitrogens with two attached hydrogens (primary N) is 1. The summed E-state index contributed by atoms with van der Waals surface area (Å²) >= 11 is 0. The molecule has 2 N–H and O–H groups in total. The standard InChI is InChI=1S/C15H19FN2/c1-10-9-11-13(18(10)2)6-5-12(14(11)16)15(17)7-3-4-8-15/h5-6,9H,3-4,7-8,17H2,1-2H3. The Balaban J connectivity index is 2.23. The van der Waals surface area contributed by atoms with E-state index in [1.807, 2.05) is 36.7 Å². The van der Waals surface area contributed by atoms with Gasteiger partial charge in [-0.15, -0.1) is 0 Å². The van der Waals surface area contributed by atoms with Crippen LogP contribution in [0.2, 0.25) is 0 Å². The van der Waals surface area contributed by atoms with E-state index in [4.69, 9.17) is 5.73 Å². The van der Waals surface area contributed by atoms with Crippen molar-refractivity contribution in [3.63, 3.8) is 0 Å². The molecule has 0 radical (unpaired) electrons. The van der Waals surface area contributed by atoms with Crippen LogP contribution in [0.15, 0.2) is 18.2 Å². The van der Waals surface area contributed by atoms with E-state index >= 15 is 0 Å². The second-order valence-electron chi connectivity index (χ2n) is 5.57. The van der Waals surface area contributed by atoms with Gasteiger partial charge in [0, 0.05) is 29.2 Å². The van der Waals surface area contributed by atoms with Crippen molar-refractivity contribution in [3.05, 3.63) is 35.3 Å². The van der Waals surface area contributed by atoms with E-state index in [0.29, 0.717) is 10.9 Å². The molecule has 1 aromatic heterocycles. The van der Waals surface area contributed by atoms with Crippen LogP contribution in [0.5, 0.6) is 0 Å². The Morgan fingerprint density at radius 2 is 1.94 bits per heavy atom. The van der Waals surface area contributed by atoms with Crippen LogP contribution in [0, 0.1) is 12.7 Å². The molecule has 0 bridgehead atoms. The maximum atomic E-state index is 14.7. The summed E-state index contributed by atoms with van der Waals surface area (Å²) in [5.74, 6) is -0.124. The molecule has 1 heterocycles. The topological polar surface area (TPSA) is 30.9 Å². The number of hydrogen-bond donors (Lipinski definition) is 1. The number of aryl methyl sites for hydroxylation is 2. The van der Waals surface area contributed by atoms with Crippen molar-refractivity contribution < 1.29 is 4.39 Å². The molecule has 1 saturated carbocycles. The summed E-state index contributed by atoms with van der Waals surface area (Å²) in [5.41, 5.74) is 8.61. The fourth-order valence-electron chi connectivity index (χ4n) is 3.17. The smallest absolute Gasteiger partial charge is 0.137 e. The first-order chi connectivity index (χ1) is 8.53. The molecular formula is C15H19FN2.